The number of esters is 1. The third-order valence-corrected chi connectivity index (χ3v) is 5.61. The van der Waals surface area contributed by atoms with Crippen LogP contribution in [0.1, 0.15) is 27.6 Å². The van der Waals surface area contributed by atoms with E-state index in [1.165, 1.54) is 45.3 Å². The average molecular weight is 404 g/mol. The van der Waals surface area contributed by atoms with Crippen LogP contribution >= 0.6 is 0 Å². The summed E-state index contributed by atoms with van der Waals surface area (Å²) in [5.74, 6) is -1.39. The second-order valence-corrected chi connectivity index (χ2v) is 8.22. The van der Waals surface area contributed by atoms with Crippen LogP contribution in [0.25, 0.3) is 0 Å². The lowest BCUT2D eigenvalue weighted by molar-refractivity contribution is -0.119. The van der Waals surface area contributed by atoms with Crippen LogP contribution in [0.2, 0.25) is 0 Å². The molecular weight excluding hydrogens is 384 g/mol. The number of amides is 1. The lowest BCUT2D eigenvalue weighted by atomic mass is 10.1. The van der Waals surface area contributed by atoms with Gasteiger partial charge in [0.1, 0.15) is 0 Å². The Morgan fingerprint density at radius 1 is 0.929 bits per heavy atom. The number of ether oxygens (including phenoxy) is 1. The molecule has 2 aromatic carbocycles. The fraction of sp³-hybridized carbons (Fsp3) is 0.211. The molecule has 1 amide bonds. The van der Waals surface area contributed by atoms with Crippen LogP contribution < -0.4 is 5.32 Å². The van der Waals surface area contributed by atoms with E-state index >= 15 is 0 Å². The van der Waals surface area contributed by atoms with Gasteiger partial charge in [-0.25, -0.2) is 17.5 Å². The molecular formula is C19H20N2O6S. The summed E-state index contributed by atoms with van der Waals surface area (Å²) in [6, 6.07) is 11.5. The fourth-order valence-corrected chi connectivity index (χ4v) is 3.08. The van der Waals surface area contributed by atoms with Crippen molar-refractivity contribution in [1.82, 2.24) is 4.31 Å². The second-order valence-electron chi connectivity index (χ2n) is 6.07. The van der Waals surface area contributed by atoms with Gasteiger partial charge in [0.25, 0.3) is 5.91 Å². The molecule has 9 heteroatoms. The Hall–Kier alpha value is -3.04. The normalized spacial score (nSPS) is 11.1. The molecule has 8 nitrogen and oxygen atoms in total. The maximum Gasteiger partial charge on any atom is 0.338 e. The van der Waals surface area contributed by atoms with Crippen LogP contribution in [0.3, 0.4) is 0 Å². The van der Waals surface area contributed by atoms with Gasteiger partial charge in [-0.15, -0.1) is 0 Å². The maximum absolute atomic E-state index is 12.0. The monoisotopic (exact) mass is 404 g/mol. The molecule has 0 bridgehead atoms. The van der Waals surface area contributed by atoms with Gasteiger partial charge in [-0.3, -0.25) is 9.59 Å². The Kier molecular flexibility index (Phi) is 6.66. The van der Waals surface area contributed by atoms with Crippen molar-refractivity contribution in [3.8, 4) is 0 Å². The van der Waals surface area contributed by atoms with E-state index in [9.17, 15) is 22.8 Å². The van der Waals surface area contributed by atoms with Crippen molar-refractivity contribution < 1.29 is 27.5 Å². The van der Waals surface area contributed by atoms with E-state index in [-0.39, 0.29) is 16.2 Å². The van der Waals surface area contributed by atoms with Gasteiger partial charge >= 0.3 is 5.97 Å². The first-order valence-electron chi connectivity index (χ1n) is 8.22. The highest BCUT2D eigenvalue weighted by Gasteiger charge is 2.18. The number of nitrogens with zero attached hydrogens (tertiary/aromatic N) is 1. The number of anilines is 1. The standard InChI is InChI=1S/C19H20N2O6S/c1-13(22)14-4-8-16(9-5-14)20-18(23)12-27-19(24)15-6-10-17(11-7-15)28(25,26)21(2)3/h4-11H,12H2,1-3H3,(H,20,23). The number of carbonyl (C=O) groups excluding carboxylic acids is 3. The Morgan fingerprint density at radius 3 is 1.96 bits per heavy atom. The van der Waals surface area contributed by atoms with Crippen molar-refractivity contribution in [1.29, 1.82) is 0 Å². The minimum atomic E-state index is -3.59. The lowest BCUT2D eigenvalue weighted by Crippen LogP contribution is -2.22. The molecule has 28 heavy (non-hydrogen) atoms. The molecule has 0 spiro atoms. The van der Waals surface area contributed by atoms with Gasteiger partial charge in [-0.1, -0.05) is 0 Å². The minimum absolute atomic E-state index is 0.0424. The van der Waals surface area contributed by atoms with Gasteiger partial charge in [0, 0.05) is 25.3 Å². The first-order valence-corrected chi connectivity index (χ1v) is 9.66. The van der Waals surface area contributed by atoms with Crippen molar-refractivity contribution in [2.75, 3.05) is 26.0 Å². The molecule has 0 saturated heterocycles. The van der Waals surface area contributed by atoms with Crippen LogP contribution in [0.5, 0.6) is 0 Å². The van der Waals surface area contributed by atoms with Crippen molar-refractivity contribution in [3.63, 3.8) is 0 Å². The van der Waals surface area contributed by atoms with E-state index in [0.29, 0.717) is 11.3 Å². The number of Topliss-reactive ketones (excluding diaryl/α,β-unsaturated/α-hetero) is 1. The summed E-state index contributed by atoms with van der Waals surface area (Å²) in [5, 5.41) is 2.54. The maximum atomic E-state index is 12.0. The van der Waals surface area contributed by atoms with Crippen LogP contribution in [-0.4, -0.2) is 51.1 Å². The number of hydrogen-bond donors (Lipinski definition) is 1. The molecule has 2 aromatic rings. The zero-order valence-electron chi connectivity index (χ0n) is 15.6. The Balaban J connectivity index is 1.92. The summed E-state index contributed by atoms with van der Waals surface area (Å²) >= 11 is 0. The van der Waals surface area contributed by atoms with Crippen molar-refractivity contribution >= 4 is 33.4 Å². The predicted octanol–water partition coefficient (Wildman–Crippen LogP) is 1.94. The van der Waals surface area contributed by atoms with Crippen LogP contribution in [-0.2, 0) is 19.6 Å². The molecule has 0 radical (unpaired) electrons. The van der Waals surface area contributed by atoms with Crippen LogP contribution in [0.15, 0.2) is 53.4 Å². The minimum Gasteiger partial charge on any atom is -0.452 e. The summed E-state index contributed by atoms with van der Waals surface area (Å²) in [5.41, 5.74) is 1.10. The molecule has 0 unspecified atom stereocenters. The van der Waals surface area contributed by atoms with Crippen LogP contribution in [0.4, 0.5) is 5.69 Å². The molecule has 0 aliphatic rings. The molecule has 0 fully saturated rings. The summed E-state index contributed by atoms with van der Waals surface area (Å²) in [6.07, 6.45) is 0. The highest BCUT2D eigenvalue weighted by molar-refractivity contribution is 7.89. The molecule has 1 N–H and O–H groups in total. The van der Waals surface area contributed by atoms with Crippen molar-refractivity contribution in [2.45, 2.75) is 11.8 Å². The summed E-state index contributed by atoms with van der Waals surface area (Å²) in [7, 11) is -0.779. The van der Waals surface area contributed by atoms with E-state index in [4.69, 9.17) is 4.74 Å². The van der Waals surface area contributed by atoms with Crippen LogP contribution in [0, 0.1) is 0 Å². The van der Waals surface area contributed by atoms with Gasteiger partial charge in [0.15, 0.2) is 12.4 Å². The number of ketones is 1. The number of nitrogens with one attached hydrogen (secondary N) is 1. The molecule has 0 aromatic heterocycles. The molecule has 0 aliphatic carbocycles. The summed E-state index contributed by atoms with van der Waals surface area (Å²) in [4.78, 5) is 35.2. The van der Waals surface area contributed by atoms with Gasteiger partial charge in [-0.05, 0) is 55.5 Å². The zero-order chi connectivity index (χ0) is 20.9. The summed E-state index contributed by atoms with van der Waals surface area (Å²) in [6.45, 7) is 0.931. The number of carbonyl (C=O) groups is 3. The number of rotatable bonds is 7. The van der Waals surface area contributed by atoms with Crippen molar-refractivity contribution in [2.24, 2.45) is 0 Å². The average Bonchev–Trinajstić information content (AvgIpc) is 2.66. The Labute approximate surface area is 163 Å². The van der Waals surface area contributed by atoms with E-state index in [0.717, 1.165) is 4.31 Å². The topological polar surface area (TPSA) is 110 Å². The van der Waals surface area contributed by atoms with E-state index < -0.39 is 28.5 Å². The number of sulfonamides is 1. The van der Waals surface area contributed by atoms with E-state index in [1.807, 2.05) is 0 Å². The smallest absolute Gasteiger partial charge is 0.338 e. The first kappa shape index (κ1) is 21.3. The lowest BCUT2D eigenvalue weighted by Gasteiger charge is -2.11. The van der Waals surface area contributed by atoms with Gasteiger partial charge < -0.3 is 10.1 Å². The predicted molar refractivity (Wildman–Crippen MR) is 103 cm³/mol. The molecule has 0 aliphatic heterocycles. The molecule has 0 saturated carbocycles. The molecule has 2 rings (SSSR count). The Morgan fingerprint density at radius 2 is 1.46 bits per heavy atom. The van der Waals surface area contributed by atoms with E-state index in [1.54, 1.807) is 24.3 Å². The van der Waals surface area contributed by atoms with Gasteiger partial charge in [-0.2, -0.15) is 0 Å². The highest BCUT2D eigenvalue weighted by atomic mass is 32.2. The summed E-state index contributed by atoms with van der Waals surface area (Å²) < 4.78 is 30.0. The largest absolute Gasteiger partial charge is 0.452 e. The fourth-order valence-electron chi connectivity index (χ4n) is 2.17. The number of hydrogen-bond acceptors (Lipinski definition) is 6. The number of benzene rings is 2. The zero-order valence-corrected chi connectivity index (χ0v) is 16.4. The first-order chi connectivity index (χ1) is 13.1. The molecule has 0 heterocycles. The highest BCUT2D eigenvalue weighted by Crippen LogP contribution is 2.15. The molecule has 148 valence electrons. The van der Waals surface area contributed by atoms with Gasteiger partial charge in [0.05, 0.1) is 10.5 Å². The SMILES string of the molecule is CC(=O)c1ccc(NC(=O)COC(=O)c2ccc(S(=O)(=O)N(C)C)cc2)cc1. The van der Waals surface area contributed by atoms with Crippen molar-refractivity contribution in [3.05, 3.63) is 59.7 Å². The third kappa shape index (κ3) is 5.24. The molecule has 0 atom stereocenters. The third-order valence-electron chi connectivity index (χ3n) is 3.78. The quantitative estimate of drug-likeness (QED) is 0.558. The Bertz CT molecular complexity index is 980. The van der Waals surface area contributed by atoms with Gasteiger partial charge in [0.2, 0.25) is 10.0 Å². The van der Waals surface area contributed by atoms with E-state index in [2.05, 4.69) is 5.32 Å². The second kappa shape index (κ2) is 8.77.